The van der Waals surface area contributed by atoms with Gasteiger partial charge in [-0.05, 0) is 48.4 Å². The van der Waals surface area contributed by atoms with Crippen LogP contribution in [-0.2, 0) is 6.42 Å². The van der Waals surface area contributed by atoms with Gasteiger partial charge in [0.1, 0.15) is 5.82 Å². The van der Waals surface area contributed by atoms with E-state index in [4.69, 9.17) is 11.6 Å². The third-order valence-electron chi connectivity index (χ3n) is 4.09. The van der Waals surface area contributed by atoms with Crippen molar-refractivity contribution in [2.24, 2.45) is 0 Å². The maximum absolute atomic E-state index is 12.3. The van der Waals surface area contributed by atoms with E-state index < -0.39 is 0 Å². The van der Waals surface area contributed by atoms with Crippen LogP contribution in [0.15, 0.2) is 72.9 Å². The minimum absolute atomic E-state index is 0.131. The summed E-state index contributed by atoms with van der Waals surface area (Å²) in [5.74, 6) is 0.653. The standard InChI is InChI=1S/C21H20ClN3O/c1-25(19-8-3-2-4-9-19)20-11-10-17(15-24-20)21(26)23-13-12-16-6-5-7-18(22)14-16/h2-11,14-15H,12-13H2,1H3,(H,23,26). The molecule has 0 radical (unpaired) electrons. The fourth-order valence-corrected chi connectivity index (χ4v) is 2.83. The number of halogens is 1. The van der Waals surface area contributed by atoms with Crippen molar-refractivity contribution in [3.63, 3.8) is 0 Å². The summed E-state index contributed by atoms with van der Waals surface area (Å²) < 4.78 is 0. The lowest BCUT2D eigenvalue weighted by molar-refractivity contribution is 0.0954. The zero-order chi connectivity index (χ0) is 18.4. The zero-order valence-electron chi connectivity index (χ0n) is 14.5. The number of anilines is 2. The number of rotatable bonds is 6. The Hall–Kier alpha value is -2.85. The van der Waals surface area contributed by atoms with Crippen LogP contribution >= 0.6 is 11.6 Å². The molecule has 1 aromatic heterocycles. The Morgan fingerprint density at radius 2 is 1.88 bits per heavy atom. The van der Waals surface area contributed by atoms with Crippen molar-refractivity contribution < 1.29 is 4.79 Å². The van der Waals surface area contributed by atoms with Gasteiger partial charge in [0.05, 0.1) is 5.56 Å². The fourth-order valence-electron chi connectivity index (χ4n) is 2.62. The van der Waals surface area contributed by atoms with Crippen molar-refractivity contribution in [2.75, 3.05) is 18.5 Å². The Balaban J connectivity index is 1.57. The highest BCUT2D eigenvalue weighted by molar-refractivity contribution is 6.30. The fraction of sp³-hybridized carbons (Fsp3) is 0.143. The van der Waals surface area contributed by atoms with Crippen molar-refractivity contribution in [3.8, 4) is 0 Å². The molecule has 5 heteroatoms. The Bertz CT molecular complexity index is 866. The number of benzene rings is 2. The lowest BCUT2D eigenvalue weighted by Gasteiger charge is -2.18. The van der Waals surface area contributed by atoms with Crippen molar-refractivity contribution >= 4 is 29.0 Å². The number of para-hydroxylation sites is 1. The highest BCUT2D eigenvalue weighted by Crippen LogP contribution is 2.20. The lowest BCUT2D eigenvalue weighted by Crippen LogP contribution is -2.26. The van der Waals surface area contributed by atoms with E-state index in [0.717, 1.165) is 23.5 Å². The Morgan fingerprint density at radius 1 is 1.08 bits per heavy atom. The monoisotopic (exact) mass is 365 g/mol. The van der Waals surface area contributed by atoms with E-state index in [1.165, 1.54) is 0 Å². The first kappa shape index (κ1) is 18.0. The minimum Gasteiger partial charge on any atom is -0.352 e. The maximum atomic E-state index is 12.3. The molecule has 0 saturated carbocycles. The Labute approximate surface area is 158 Å². The van der Waals surface area contributed by atoms with Crippen LogP contribution in [0.25, 0.3) is 0 Å². The van der Waals surface area contributed by atoms with Crippen LogP contribution in [0.5, 0.6) is 0 Å². The average molecular weight is 366 g/mol. The van der Waals surface area contributed by atoms with Gasteiger partial charge in [0.25, 0.3) is 5.91 Å². The first-order chi connectivity index (χ1) is 12.6. The third kappa shape index (κ3) is 4.61. The smallest absolute Gasteiger partial charge is 0.252 e. The van der Waals surface area contributed by atoms with E-state index >= 15 is 0 Å². The molecule has 1 amide bonds. The largest absolute Gasteiger partial charge is 0.352 e. The van der Waals surface area contributed by atoms with Gasteiger partial charge < -0.3 is 10.2 Å². The van der Waals surface area contributed by atoms with Crippen LogP contribution < -0.4 is 10.2 Å². The third-order valence-corrected chi connectivity index (χ3v) is 4.32. The summed E-state index contributed by atoms with van der Waals surface area (Å²) in [5.41, 5.74) is 2.68. The molecule has 0 aliphatic heterocycles. The zero-order valence-corrected chi connectivity index (χ0v) is 15.3. The van der Waals surface area contributed by atoms with Gasteiger partial charge in [0, 0.05) is 30.5 Å². The van der Waals surface area contributed by atoms with Gasteiger partial charge in [0.2, 0.25) is 0 Å². The SMILES string of the molecule is CN(c1ccccc1)c1ccc(C(=O)NCCc2cccc(Cl)c2)cn1. The molecule has 0 atom stereocenters. The summed E-state index contributed by atoms with van der Waals surface area (Å²) in [4.78, 5) is 18.6. The van der Waals surface area contributed by atoms with Crippen LogP contribution in [0, 0.1) is 0 Å². The molecule has 1 N–H and O–H groups in total. The molecule has 3 rings (SSSR count). The molecular weight excluding hydrogens is 346 g/mol. The van der Waals surface area contributed by atoms with Crippen LogP contribution in [0.3, 0.4) is 0 Å². The van der Waals surface area contributed by atoms with Gasteiger partial charge in [0.15, 0.2) is 0 Å². The molecule has 0 fully saturated rings. The average Bonchev–Trinajstić information content (AvgIpc) is 2.68. The van der Waals surface area contributed by atoms with Gasteiger partial charge in [-0.25, -0.2) is 4.98 Å². The summed E-state index contributed by atoms with van der Waals surface area (Å²) in [7, 11) is 1.95. The van der Waals surface area contributed by atoms with E-state index in [2.05, 4.69) is 10.3 Å². The Morgan fingerprint density at radius 3 is 2.58 bits per heavy atom. The van der Waals surface area contributed by atoms with Gasteiger partial charge >= 0.3 is 0 Å². The van der Waals surface area contributed by atoms with Crippen LogP contribution in [0.2, 0.25) is 5.02 Å². The lowest BCUT2D eigenvalue weighted by atomic mass is 10.1. The van der Waals surface area contributed by atoms with Crippen LogP contribution in [-0.4, -0.2) is 24.5 Å². The van der Waals surface area contributed by atoms with Gasteiger partial charge in [-0.2, -0.15) is 0 Å². The second-order valence-corrected chi connectivity index (χ2v) is 6.37. The topological polar surface area (TPSA) is 45.2 Å². The van der Waals surface area contributed by atoms with Gasteiger partial charge in [-0.3, -0.25) is 4.79 Å². The molecule has 26 heavy (non-hydrogen) atoms. The molecule has 0 bridgehead atoms. The highest BCUT2D eigenvalue weighted by Gasteiger charge is 2.09. The summed E-state index contributed by atoms with van der Waals surface area (Å²) in [6, 6.07) is 21.2. The van der Waals surface area contributed by atoms with Crippen molar-refractivity contribution in [1.29, 1.82) is 0 Å². The van der Waals surface area contributed by atoms with Crippen LogP contribution in [0.1, 0.15) is 15.9 Å². The van der Waals surface area contributed by atoms with Crippen molar-refractivity contribution in [2.45, 2.75) is 6.42 Å². The van der Waals surface area contributed by atoms with Crippen molar-refractivity contribution in [1.82, 2.24) is 10.3 Å². The predicted molar refractivity (Wildman–Crippen MR) is 106 cm³/mol. The molecule has 0 aliphatic rings. The van der Waals surface area contributed by atoms with Gasteiger partial charge in [-0.1, -0.05) is 41.9 Å². The molecule has 0 aliphatic carbocycles. The number of nitrogens with one attached hydrogen (secondary N) is 1. The number of aromatic nitrogens is 1. The first-order valence-electron chi connectivity index (χ1n) is 8.41. The number of pyridine rings is 1. The summed E-state index contributed by atoms with van der Waals surface area (Å²) in [6.07, 6.45) is 2.33. The number of hydrogen-bond acceptors (Lipinski definition) is 3. The Kier molecular flexibility index (Phi) is 5.87. The number of carbonyl (C=O) groups is 1. The highest BCUT2D eigenvalue weighted by atomic mass is 35.5. The second-order valence-electron chi connectivity index (χ2n) is 5.94. The first-order valence-corrected chi connectivity index (χ1v) is 8.79. The number of hydrogen-bond donors (Lipinski definition) is 1. The molecule has 0 saturated heterocycles. The van der Waals surface area contributed by atoms with E-state index in [1.54, 1.807) is 12.3 Å². The number of nitrogens with zero attached hydrogens (tertiary/aromatic N) is 2. The second kappa shape index (κ2) is 8.50. The quantitative estimate of drug-likeness (QED) is 0.700. The maximum Gasteiger partial charge on any atom is 0.252 e. The molecule has 0 unspecified atom stereocenters. The van der Waals surface area contributed by atoms with E-state index in [1.807, 2.05) is 72.6 Å². The van der Waals surface area contributed by atoms with E-state index in [9.17, 15) is 4.79 Å². The molecule has 1 heterocycles. The molecule has 4 nitrogen and oxygen atoms in total. The predicted octanol–water partition coefficient (Wildman–Crippen LogP) is 4.48. The summed E-state index contributed by atoms with van der Waals surface area (Å²) >= 11 is 5.97. The molecule has 2 aromatic carbocycles. The summed E-state index contributed by atoms with van der Waals surface area (Å²) in [5, 5.41) is 3.62. The summed E-state index contributed by atoms with van der Waals surface area (Å²) in [6.45, 7) is 0.546. The number of carbonyl (C=O) groups excluding carboxylic acids is 1. The molecule has 0 spiro atoms. The molecule has 3 aromatic rings. The van der Waals surface area contributed by atoms with Gasteiger partial charge in [-0.15, -0.1) is 0 Å². The van der Waals surface area contributed by atoms with E-state index in [-0.39, 0.29) is 5.91 Å². The van der Waals surface area contributed by atoms with E-state index in [0.29, 0.717) is 17.1 Å². The molecular formula is C21H20ClN3O. The molecule has 132 valence electrons. The van der Waals surface area contributed by atoms with Crippen molar-refractivity contribution in [3.05, 3.63) is 89.1 Å². The minimum atomic E-state index is -0.131. The van der Waals surface area contributed by atoms with Crippen LogP contribution in [0.4, 0.5) is 11.5 Å². The number of amides is 1. The normalized spacial score (nSPS) is 10.4.